The van der Waals surface area contributed by atoms with Crippen molar-refractivity contribution < 1.29 is 0 Å². The first-order valence-corrected chi connectivity index (χ1v) is 4.67. The lowest BCUT2D eigenvalue weighted by Gasteiger charge is -2.27. The molecule has 1 atom stereocenters. The Morgan fingerprint density at radius 2 is 2.50 bits per heavy atom. The van der Waals surface area contributed by atoms with Crippen molar-refractivity contribution in [3.8, 4) is 6.07 Å². The molecule has 0 fully saturated rings. The highest BCUT2D eigenvalue weighted by atomic mass is 15.2. The van der Waals surface area contributed by atoms with Crippen molar-refractivity contribution in [1.29, 1.82) is 5.26 Å². The summed E-state index contributed by atoms with van der Waals surface area (Å²) in [6.45, 7) is 3.30. The summed E-state index contributed by atoms with van der Waals surface area (Å²) in [7, 11) is 0. The summed E-state index contributed by atoms with van der Waals surface area (Å²) >= 11 is 0. The normalized spacial score (nSPS) is 18.6. The Labute approximate surface area is 82.7 Å². The lowest BCUT2D eigenvalue weighted by molar-refractivity contribution is 0.214. The zero-order valence-electron chi connectivity index (χ0n) is 7.93. The van der Waals surface area contributed by atoms with Gasteiger partial charge in [-0.3, -0.25) is 4.90 Å². The van der Waals surface area contributed by atoms with E-state index in [9.17, 15) is 0 Å². The van der Waals surface area contributed by atoms with Gasteiger partial charge in [0.25, 0.3) is 0 Å². The van der Waals surface area contributed by atoms with E-state index in [0.717, 1.165) is 25.5 Å². The molecule has 0 aliphatic carbocycles. The van der Waals surface area contributed by atoms with Crippen LogP contribution < -0.4 is 5.73 Å². The van der Waals surface area contributed by atoms with Crippen LogP contribution in [0.2, 0.25) is 0 Å². The number of nitrogens with two attached hydrogens (primary N) is 1. The van der Waals surface area contributed by atoms with Gasteiger partial charge in [-0.15, -0.1) is 0 Å². The molecule has 0 amide bonds. The third kappa shape index (κ3) is 1.76. The van der Waals surface area contributed by atoms with Gasteiger partial charge < -0.3 is 10.3 Å². The molecule has 0 saturated heterocycles. The molecule has 0 saturated carbocycles. The van der Waals surface area contributed by atoms with E-state index in [0.29, 0.717) is 6.54 Å². The Balaban J connectivity index is 1.98. The minimum Gasteiger partial charge on any atom is -0.333 e. The highest BCUT2D eigenvalue weighted by Crippen LogP contribution is 2.09. The summed E-state index contributed by atoms with van der Waals surface area (Å²) in [5.41, 5.74) is 5.57. The van der Waals surface area contributed by atoms with Gasteiger partial charge in [0.2, 0.25) is 0 Å². The number of aromatic nitrogens is 2. The summed E-state index contributed by atoms with van der Waals surface area (Å²) in [6.07, 6.45) is 3.79. The van der Waals surface area contributed by atoms with Crippen LogP contribution in [0, 0.1) is 11.3 Å². The van der Waals surface area contributed by atoms with Crippen molar-refractivity contribution in [2.75, 3.05) is 13.1 Å². The Bertz CT molecular complexity index is 350. The summed E-state index contributed by atoms with van der Waals surface area (Å²) in [5, 5.41) is 8.60. The van der Waals surface area contributed by atoms with Crippen molar-refractivity contribution in [1.82, 2.24) is 14.5 Å². The van der Waals surface area contributed by atoms with Gasteiger partial charge >= 0.3 is 0 Å². The number of rotatable bonds is 2. The fourth-order valence-corrected chi connectivity index (χ4v) is 1.70. The second kappa shape index (κ2) is 3.78. The van der Waals surface area contributed by atoms with Crippen LogP contribution in [0.5, 0.6) is 0 Å². The van der Waals surface area contributed by atoms with Gasteiger partial charge in [-0.25, -0.2) is 4.98 Å². The molecule has 2 N–H and O–H groups in total. The highest BCUT2D eigenvalue weighted by molar-refractivity contribution is 4.97. The van der Waals surface area contributed by atoms with Crippen molar-refractivity contribution in [3.05, 3.63) is 18.2 Å². The second-order valence-corrected chi connectivity index (χ2v) is 3.51. The monoisotopic (exact) mass is 191 g/mol. The van der Waals surface area contributed by atoms with Crippen molar-refractivity contribution in [2.45, 2.75) is 19.1 Å². The average molecular weight is 191 g/mol. The maximum atomic E-state index is 8.60. The van der Waals surface area contributed by atoms with Crippen LogP contribution in [0.15, 0.2) is 12.4 Å². The van der Waals surface area contributed by atoms with Crippen molar-refractivity contribution in [2.24, 2.45) is 5.73 Å². The number of imidazole rings is 1. The van der Waals surface area contributed by atoms with E-state index in [1.807, 2.05) is 18.5 Å². The number of fused-ring (bicyclic) bond motifs is 1. The van der Waals surface area contributed by atoms with Crippen LogP contribution in [-0.4, -0.2) is 33.6 Å². The molecule has 1 aliphatic rings. The van der Waals surface area contributed by atoms with Gasteiger partial charge in [-0.2, -0.15) is 5.26 Å². The first-order chi connectivity index (χ1) is 6.79. The molecule has 0 spiro atoms. The molecule has 74 valence electrons. The van der Waals surface area contributed by atoms with Crippen LogP contribution >= 0.6 is 0 Å². The molecule has 1 aromatic rings. The molecular weight excluding hydrogens is 178 g/mol. The number of hydrogen-bond donors (Lipinski definition) is 1. The molecule has 1 unspecified atom stereocenters. The average Bonchev–Trinajstić information content (AvgIpc) is 2.64. The number of hydrogen-bond acceptors (Lipinski definition) is 4. The Morgan fingerprint density at radius 3 is 3.29 bits per heavy atom. The molecule has 5 nitrogen and oxygen atoms in total. The van der Waals surface area contributed by atoms with Gasteiger partial charge in [0.05, 0.1) is 12.6 Å². The lowest BCUT2D eigenvalue weighted by atomic mass is 10.3. The fraction of sp³-hybridized carbons (Fsp3) is 0.556. The van der Waals surface area contributed by atoms with E-state index in [4.69, 9.17) is 11.0 Å². The summed E-state index contributed by atoms with van der Waals surface area (Å²) in [5.74, 6) is 1.06. The van der Waals surface area contributed by atoms with Crippen LogP contribution in [0.3, 0.4) is 0 Å². The Morgan fingerprint density at radius 1 is 1.64 bits per heavy atom. The smallest absolute Gasteiger partial charge is 0.122 e. The molecule has 14 heavy (non-hydrogen) atoms. The van der Waals surface area contributed by atoms with Crippen molar-refractivity contribution >= 4 is 0 Å². The summed E-state index contributed by atoms with van der Waals surface area (Å²) in [6, 6.07) is 1.65. The largest absolute Gasteiger partial charge is 0.333 e. The van der Waals surface area contributed by atoms with Gasteiger partial charge in [-0.1, -0.05) is 0 Å². The Hall–Kier alpha value is -1.38. The maximum absolute atomic E-state index is 8.60. The summed E-state index contributed by atoms with van der Waals surface area (Å²) < 4.78 is 2.13. The van der Waals surface area contributed by atoms with E-state index in [-0.39, 0.29) is 0 Å². The van der Waals surface area contributed by atoms with E-state index in [2.05, 4.69) is 14.5 Å². The lowest BCUT2D eigenvalue weighted by Crippen LogP contribution is -2.41. The zero-order valence-corrected chi connectivity index (χ0v) is 7.93. The molecule has 2 heterocycles. The maximum Gasteiger partial charge on any atom is 0.122 e. The van der Waals surface area contributed by atoms with Gasteiger partial charge in [-0.05, 0) is 0 Å². The fourth-order valence-electron chi connectivity index (χ4n) is 1.70. The standard InChI is InChI=1S/C9H13N5/c10-5-8(11)6-13-3-4-14-2-1-12-9(14)7-13/h1-2,8H,3-4,6-7,11H2. The van der Waals surface area contributed by atoms with Gasteiger partial charge in [0.15, 0.2) is 0 Å². The van der Waals surface area contributed by atoms with Gasteiger partial charge in [0.1, 0.15) is 11.9 Å². The molecule has 5 heteroatoms. The number of nitriles is 1. The molecule has 0 radical (unpaired) electrons. The molecule has 0 bridgehead atoms. The number of nitrogens with zero attached hydrogens (tertiary/aromatic N) is 4. The Kier molecular flexibility index (Phi) is 2.48. The third-order valence-electron chi connectivity index (χ3n) is 2.44. The highest BCUT2D eigenvalue weighted by Gasteiger charge is 2.17. The predicted molar refractivity (Wildman–Crippen MR) is 51.1 cm³/mol. The van der Waals surface area contributed by atoms with Crippen LogP contribution in [-0.2, 0) is 13.1 Å². The van der Waals surface area contributed by atoms with Crippen molar-refractivity contribution in [3.63, 3.8) is 0 Å². The van der Waals surface area contributed by atoms with E-state index >= 15 is 0 Å². The minimum atomic E-state index is -0.392. The van der Waals surface area contributed by atoms with E-state index < -0.39 is 6.04 Å². The first kappa shape index (κ1) is 9.19. The predicted octanol–water partition coefficient (Wildman–Crippen LogP) is -0.450. The minimum absolute atomic E-state index is 0.392. The first-order valence-electron chi connectivity index (χ1n) is 4.67. The topological polar surface area (TPSA) is 70.9 Å². The van der Waals surface area contributed by atoms with Gasteiger partial charge in [0, 0.05) is 32.0 Å². The van der Waals surface area contributed by atoms with Crippen LogP contribution in [0.25, 0.3) is 0 Å². The van der Waals surface area contributed by atoms with E-state index in [1.165, 1.54) is 0 Å². The molecule has 0 aromatic carbocycles. The quantitative estimate of drug-likeness (QED) is 0.687. The third-order valence-corrected chi connectivity index (χ3v) is 2.44. The second-order valence-electron chi connectivity index (χ2n) is 3.51. The zero-order chi connectivity index (χ0) is 9.97. The SMILES string of the molecule is N#CC(N)CN1CCn2ccnc2C1. The van der Waals surface area contributed by atoms with Crippen LogP contribution in [0.4, 0.5) is 0 Å². The molecule has 1 aromatic heterocycles. The molecular formula is C9H13N5. The summed E-state index contributed by atoms with van der Waals surface area (Å²) in [4.78, 5) is 6.40. The molecule has 2 rings (SSSR count). The van der Waals surface area contributed by atoms with E-state index in [1.54, 1.807) is 0 Å². The molecule has 1 aliphatic heterocycles. The van der Waals surface area contributed by atoms with Crippen LogP contribution in [0.1, 0.15) is 5.82 Å².